The van der Waals surface area contributed by atoms with Crippen molar-refractivity contribution in [3.05, 3.63) is 94.1 Å². The molecule has 0 fully saturated rings. The SMILES string of the molecule is CC1(C)c2ccccc2C(c2nc(F)c(C#N)c(F)n2)c2ccccc21. The van der Waals surface area contributed by atoms with E-state index in [4.69, 9.17) is 5.26 Å². The maximum absolute atomic E-state index is 14.2. The first-order chi connectivity index (χ1) is 12.4. The summed E-state index contributed by atoms with van der Waals surface area (Å²) >= 11 is 0. The smallest absolute Gasteiger partial charge is 0.202 e. The molecule has 5 heteroatoms. The molecule has 0 N–H and O–H groups in total. The van der Waals surface area contributed by atoms with Gasteiger partial charge in [0.05, 0.1) is 5.92 Å². The first-order valence-corrected chi connectivity index (χ1v) is 8.27. The van der Waals surface area contributed by atoms with Crippen molar-refractivity contribution in [2.75, 3.05) is 0 Å². The van der Waals surface area contributed by atoms with E-state index in [0.29, 0.717) is 0 Å². The lowest BCUT2D eigenvalue weighted by Crippen LogP contribution is -2.30. The number of fused-ring (bicyclic) bond motifs is 2. The third kappa shape index (κ3) is 2.22. The molecule has 0 radical (unpaired) electrons. The molecular formula is C21H15F2N3. The van der Waals surface area contributed by atoms with E-state index in [1.807, 2.05) is 48.5 Å². The molecule has 26 heavy (non-hydrogen) atoms. The number of aromatic nitrogens is 2. The van der Waals surface area contributed by atoms with Crippen LogP contribution in [0.3, 0.4) is 0 Å². The van der Waals surface area contributed by atoms with Crippen molar-refractivity contribution in [2.45, 2.75) is 25.2 Å². The van der Waals surface area contributed by atoms with Gasteiger partial charge in [-0.05, 0) is 22.3 Å². The van der Waals surface area contributed by atoms with Gasteiger partial charge in [-0.3, -0.25) is 0 Å². The zero-order chi connectivity index (χ0) is 18.5. The number of halogens is 2. The molecule has 3 aromatic rings. The molecular weight excluding hydrogens is 332 g/mol. The van der Waals surface area contributed by atoms with Crippen molar-refractivity contribution < 1.29 is 8.78 Å². The van der Waals surface area contributed by atoms with Gasteiger partial charge < -0.3 is 0 Å². The second kappa shape index (κ2) is 5.70. The summed E-state index contributed by atoms with van der Waals surface area (Å²) in [7, 11) is 0. The summed E-state index contributed by atoms with van der Waals surface area (Å²) in [6.45, 7) is 4.25. The Labute approximate surface area is 150 Å². The number of hydrogen-bond donors (Lipinski definition) is 0. The Morgan fingerprint density at radius 3 is 1.81 bits per heavy atom. The van der Waals surface area contributed by atoms with Gasteiger partial charge in [-0.15, -0.1) is 0 Å². The van der Waals surface area contributed by atoms with Crippen LogP contribution in [0.4, 0.5) is 8.78 Å². The molecule has 3 nitrogen and oxygen atoms in total. The van der Waals surface area contributed by atoms with Crippen LogP contribution >= 0.6 is 0 Å². The first-order valence-electron chi connectivity index (χ1n) is 8.27. The molecule has 0 saturated carbocycles. The first kappa shape index (κ1) is 16.3. The summed E-state index contributed by atoms with van der Waals surface area (Å²) in [5, 5.41) is 8.87. The lowest BCUT2D eigenvalue weighted by atomic mass is 9.65. The minimum Gasteiger partial charge on any atom is -0.202 e. The van der Waals surface area contributed by atoms with Crippen LogP contribution in [-0.4, -0.2) is 9.97 Å². The van der Waals surface area contributed by atoms with Crippen molar-refractivity contribution in [1.29, 1.82) is 5.26 Å². The monoisotopic (exact) mass is 347 g/mol. The van der Waals surface area contributed by atoms with E-state index in [-0.39, 0.29) is 11.2 Å². The van der Waals surface area contributed by atoms with E-state index in [9.17, 15) is 8.78 Å². The highest BCUT2D eigenvalue weighted by Gasteiger charge is 2.39. The molecule has 0 saturated heterocycles. The molecule has 0 atom stereocenters. The second-order valence-electron chi connectivity index (χ2n) is 6.88. The third-order valence-corrected chi connectivity index (χ3v) is 5.10. The quantitative estimate of drug-likeness (QED) is 0.611. The zero-order valence-corrected chi connectivity index (χ0v) is 14.3. The molecule has 1 aliphatic rings. The maximum Gasteiger partial charge on any atom is 0.237 e. The zero-order valence-electron chi connectivity index (χ0n) is 14.3. The van der Waals surface area contributed by atoms with Gasteiger partial charge in [0.25, 0.3) is 0 Å². The van der Waals surface area contributed by atoms with Crippen LogP contribution in [0.5, 0.6) is 0 Å². The fourth-order valence-electron chi connectivity index (χ4n) is 3.87. The van der Waals surface area contributed by atoms with Crippen LogP contribution in [0.15, 0.2) is 48.5 Å². The number of benzene rings is 2. The van der Waals surface area contributed by atoms with Gasteiger partial charge in [0.1, 0.15) is 11.9 Å². The Morgan fingerprint density at radius 2 is 1.35 bits per heavy atom. The standard InChI is InChI=1S/C21H15F2N3/c1-21(2)15-9-5-3-7-12(15)17(13-8-4-6-10-16(13)21)20-25-18(22)14(11-24)19(23)26-20/h3-10,17H,1-2H3. The van der Waals surface area contributed by atoms with Crippen LogP contribution in [0, 0.1) is 23.2 Å². The van der Waals surface area contributed by atoms with E-state index in [1.165, 1.54) is 6.07 Å². The van der Waals surface area contributed by atoms with Crippen LogP contribution in [0.1, 0.15) is 53.4 Å². The molecule has 0 aliphatic heterocycles. The molecule has 1 aromatic heterocycles. The highest BCUT2D eigenvalue weighted by Crippen LogP contribution is 2.48. The van der Waals surface area contributed by atoms with Gasteiger partial charge in [-0.1, -0.05) is 62.4 Å². The summed E-state index contributed by atoms with van der Waals surface area (Å²) in [6.07, 6.45) is 0. The predicted molar refractivity (Wildman–Crippen MR) is 92.6 cm³/mol. The summed E-state index contributed by atoms with van der Waals surface area (Å²) in [5.41, 5.74) is 2.95. The highest BCUT2D eigenvalue weighted by atomic mass is 19.1. The summed E-state index contributed by atoms with van der Waals surface area (Å²) < 4.78 is 28.3. The molecule has 128 valence electrons. The summed E-state index contributed by atoms with van der Waals surface area (Å²) in [5.74, 6) is -2.73. The van der Waals surface area contributed by atoms with Gasteiger partial charge in [0, 0.05) is 5.41 Å². The van der Waals surface area contributed by atoms with E-state index in [1.54, 1.807) is 0 Å². The summed E-state index contributed by atoms with van der Waals surface area (Å²) in [6, 6.07) is 17.1. The number of hydrogen-bond acceptors (Lipinski definition) is 3. The fourth-order valence-corrected chi connectivity index (χ4v) is 3.87. The van der Waals surface area contributed by atoms with Crippen molar-refractivity contribution in [3.63, 3.8) is 0 Å². The van der Waals surface area contributed by atoms with Crippen molar-refractivity contribution in [2.24, 2.45) is 0 Å². The lowest BCUT2D eigenvalue weighted by molar-refractivity contribution is 0.499. The minimum atomic E-state index is -1.13. The van der Waals surface area contributed by atoms with E-state index < -0.39 is 23.4 Å². The molecule has 4 rings (SSSR count). The lowest BCUT2D eigenvalue weighted by Gasteiger charge is -2.38. The average molecular weight is 347 g/mol. The van der Waals surface area contributed by atoms with Crippen molar-refractivity contribution in [3.8, 4) is 6.07 Å². The summed E-state index contributed by atoms with van der Waals surface area (Å²) in [4.78, 5) is 7.67. The van der Waals surface area contributed by atoms with Crippen molar-refractivity contribution >= 4 is 0 Å². The Hall–Kier alpha value is -3.13. The average Bonchev–Trinajstić information content (AvgIpc) is 2.62. The Bertz CT molecular complexity index is 994. The van der Waals surface area contributed by atoms with Crippen LogP contribution in [-0.2, 0) is 5.41 Å². The van der Waals surface area contributed by atoms with E-state index >= 15 is 0 Å². The van der Waals surface area contributed by atoms with E-state index in [2.05, 4.69) is 23.8 Å². The van der Waals surface area contributed by atoms with Gasteiger partial charge in [0.15, 0.2) is 5.56 Å². The van der Waals surface area contributed by atoms with E-state index in [0.717, 1.165) is 22.3 Å². The fraction of sp³-hybridized carbons (Fsp3) is 0.190. The molecule has 1 aliphatic carbocycles. The van der Waals surface area contributed by atoms with Gasteiger partial charge in [0.2, 0.25) is 11.9 Å². The molecule has 0 spiro atoms. The molecule has 0 bridgehead atoms. The van der Waals surface area contributed by atoms with Gasteiger partial charge >= 0.3 is 0 Å². The van der Waals surface area contributed by atoms with Gasteiger partial charge in [-0.2, -0.15) is 14.0 Å². The van der Waals surface area contributed by atoms with Gasteiger partial charge in [-0.25, -0.2) is 9.97 Å². The topological polar surface area (TPSA) is 49.6 Å². The molecule has 0 unspecified atom stereocenters. The third-order valence-electron chi connectivity index (χ3n) is 5.10. The molecule has 0 amide bonds. The minimum absolute atomic E-state index is 0.0226. The second-order valence-corrected chi connectivity index (χ2v) is 6.88. The maximum atomic E-state index is 14.2. The van der Waals surface area contributed by atoms with Crippen LogP contribution < -0.4 is 0 Å². The Balaban J connectivity index is 2.04. The predicted octanol–water partition coefficient (Wildman–Crippen LogP) is 4.45. The molecule has 1 heterocycles. The highest BCUT2D eigenvalue weighted by molar-refractivity contribution is 5.58. The van der Waals surface area contributed by atoms with Crippen LogP contribution in [0.2, 0.25) is 0 Å². The van der Waals surface area contributed by atoms with Crippen molar-refractivity contribution in [1.82, 2.24) is 9.97 Å². The van der Waals surface area contributed by atoms with Crippen LogP contribution in [0.25, 0.3) is 0 Å². The molecule has 2 aromatic carbocycles. The number of nitriles is 1. The number of nitrogens with zero attached hydrogens (tertiary/aromatic N) is 3. The Morgan fingerprint density at radius 1 is 0.885 bits per heavy atom. The normalized spacial score (nSPS) is 15.0. The number of rotatable bonds is 1. The Kier molecular flexibility index (Phi) is 3.58. The largest absolute Gasteiger partial charge is 0.237 e.